The molecule has 0 heterocycles. The second-order valence-electron chi connectivity index (χ2n) is 3.44. The van der Waals surface area contributed by atoms with Crippen LogP contribution in [0.3, 0.4) is 0 Å². The highest BCUT2D eigenvalue weighted by Crippen LogP contribution is 2.19. The smallest absolute Gasteiger partial charge is 0.311 e. The minimum Gasteiger partial charge on any atom is -0.426 e. The van der Waals surface area contributed by atoms with Gasteiger partial charge in [0.15, 0.2) is 0 Å². The minimum atomic E-state index is -0.379. The molecule has 0 spiro atoms. The molecule has 0 fully saturated rings. The number of benzene rings is 1. The lowest BCUT2D eigenvalue weighted by atomic mass is 10.1. The fourth-order valence-corrected chi connectivity index (χ4v) is 1.26. The Morgan fingerprint density at radius 1 is 1.50 bits per heavy atom. The number of ether oxygens (including phenoxy) is 1. The van der Waals surface area contributed by atoms with Crippen molar-refractivity contribution in [3.63, 3.8) is 0 Å². The van der Waals surface area contributed by atoms with Gasteiger partial charge in [0.1, 0.15) is 12.0 Å². The fraction of sp³-hybridized carbons (Fsp3) is 0.333. The van der Waals surface area contributed by atoms with Gasteiger partial charge in [0, 0.05) is 18.6 Å². The summed E-state index contributed by atoms with van der Waals surface area (Å²) in [7, 11) is 0. The first-order valence-corrected chi connectivity index (χ1v) is 5.04. The number of carbonyl (C=O) groups excluding carboxylic acids is 2. The van der Waals surface area contributed by atoms with Crippen LogP contribution in [0.15, 0.2) is 18.2 Å². The maximum atomic E-state index is 11.3. The molecule has 4 heteroatoms. The molecule has 0 unspecified atom stereocenters. The number of hydrogen-bond acceptors (Lipinski definition) is 4. The van der Waals surface area contributed by atoms with Gasteiger partial charge >= 0.3 is 5.97 Å². The molecule has 0 amide bonds. The van der Waals surface area contributed by atoms with E-state index in [2.05, 4.69) is 0 Å². The van der Waals surface area contributed by atoms with Gasteiger partial charge in [0.2, 0.25) is 0 Å². The fourth-order valence-electron chi connectivity index (χ4n) is 1.26. The second kappa shape index (κ2) is 6.02. The summed E-state index contributed by atoms with van der Waals surface area (Å²) in [5, 5.41) is 8.56. The monoisotopic (exact) mass is 222 g/mol. The van der Waals surface area contributed by atoms with Crippen molar-refractivity contribution < 1.29 is 19.4 Å². The van der Waals surface area contributed by atoms with E-state index in [4.69, 9.17) is 9.84 Å². The van der Waals surface area contributed by atoms with E-state index < -0.39 is 0 Å². The molecule has 0 radical (unpaired) electrons. The Bertz CT molecular complexity index is 385. The zero-order valence-corrected chi connectivity index (χ0v) is 9.10. The van der Waals surface area contributed by atoms with E-state index in [1.54, 1.807) is 25.1 Å². The molecule has 0 atom stereocenters. The molecule has 0 saturated carbocycles. The van der Waals surface area contributed by atoms with E-state index in [1.807, 2.05) is 0 Å². The van der Waals surface area contributed by atoms with Gasteiger partial charge in [-0.2, -0.15) is 0 Å². The molecule has 1 aromatic rings. The van der Waals surface area contributed by atoms with Crippen LogP contribution in [0.4, 0.5) is 0 Å². The van der Waals surface area contributed by atoms with Gasteiger partial charge in [-0.05, 0) is 37.1 Å². The molecule has 4 nitrogen and oxygen atoms in total. The lowest BCUT2D eigenvalue weighted by Gasteiger charge is -2.07. The standard InChI is InChI=1S/C12H14O4/c1-9-7-10(8-14)4-5-11(9)16-12(15)3-2-6-13/h4-5,7-8,13H,2-3,6H2,1H3. The quantitative estimate of drug-likeness (QED) is 0.465. The Labute approximate surface area is 93.9 Å². The van der Waals surface area contributed by atoms with Crippen LogP contribution in [0.1, 0.15) is 28.8 Å². The summed E-state index contributed by atoms with van der Waals surface area (Å²) >= 11 is 0. The molecule has 1 aromatic carbocycles. The maximum absolute atomic E-state index is 11.3. The SMILES string of the molecule is Cc1cc(C=O)ccc1OC(=O)CCCO. The van der Waals surface area contributed by atoms with Crippen molar-refractivity contribution in [1.82, 2.24) is 0 Å². The molecular formula is C12H14O4. The Kier molecular flexibility index (Phi) is 4.66. The summed E-state index contributed by atoms with van der Waals surface area (Å²) in [5.74, 6) is 0.0737. The van der Waals surface area contributed by atoms with E-state index in [0.29, 0.717) is 17.7 Å². The van der Waals surface area contributed by atoms with Gasteiger partial charge in [0.25, 0.3) is 0 Å². The van der Waals surface area contributed by atoms with E-state index >= 15 is 0 Å². The van der Waals surface area contributed by atoms with Crippen molar-refractivity contribution in [3.05, 3.63) is 29.3 Å². The number of aliphatic hydroxyl groups is 1. The topological polar surface area (TPSA) is 63.6 Å². The Morgan fingerprint density at radius 3 is 2.81 bits per heavy atom. The van der Waals surface area contributed by atoms with Crippen molar-refractivity contribution in [2.75, 3.05) is 6.61 Å². The highest BCUT2D eigenvalue weighted by atomic mass is 16.5. The van der Waals surface area contributed by atoms with Crippen LogP contribution in [-0.2, 0) is 4.79 Å². The summed E-state index contributed by atoms with van der Waals surface area (Å²) in [6, 6.07) is 4.84. The zero-order chi connectivity index (χ0) is 12.0. The van der Waals surface area contributed by atoms with Crippen LogP contribution in [0.25, 0.3) is 0 Å². The first-order chi connectivity index (χ1) is 7.67. The lowest BCUT2D eigenvalue weighted by molar-refractivity contribution is -0.134. The van der Waals surface area contributed by atoms with Gasteiger partial charge in [-0.3, -0.25) is 9.59 Å². The summed E-state index contributed by atoms with van der Waals surface area (Å²) in [6.45, 7) is 1.74. The van der Waals surface area contributed by atoms with Crippen LogP contribution < -0.4 is 4.74 Å². The van der Waals surface area contributed by atoms with E-state index in [1.165, 1.54) is 0 Å². The molecule has 16 heavy (non-hydrogen) atoms. The van der Waals surface area contributed by atoms with Crippen molar-refractivity contribution in [2.24, 2.45) is 0 Å². The largest absolute Gasteiger partial charge is 0.426 e. The number of aliphatic hydroxyl groups excluding tert-OH is 1. The highest BCUT2D eigenvalue weighted by molar-refractivity contribution is 5.77. The number of carbonyl (C=O) groups is 2. The highest BCUT2D eigenvalue weighted by Gasteiger charge is 2.07. The van der Waals surface area contributed by atoms with Gasteiger partial charge in [-0.15, -0.1) is 0 Å². The zero-order valence-electron chi connectivity index (χ0n) is 9.10. The van der Waals surface area contributed by atoms with Crippen molar-refractivity contribution in [2.45, 2.75) is 19.8 Å². The van der Waals surface area contributed by atoms with Crippen LogP contribution in [0.2, 0.25) is 0 Å². The Balaban J connectivity index is 2.67. The molecule has 86 valence electrons. The van der Waals surface area contributed by atoms with Crippen molar-refractivity contribution in [3.8, 4) is 5.75 Å². The number of esters is 1. The maximum Gasteiger partial charge on any atom is 0.311 e. The van der Waals surface area contributed by atoms with E-state index in [0.717, 1.165) is 11.8 Å². The normalized spacial score (nSPS) is 9.88. The average molecular weight is 222 g/mol. The molecule has 1 N–H and O–H groups in total. The summed E-state index contributed by atoms with van der Waals surface area (Å²) < 4.78 is 5.08. The van der Waals surface area contributed by atoms with Crippen LogP contribution in [0.5, 0.6) is 5.75 Å². The molecule has 0 bridgehead atoms. The van der Waals surface area contributed by atoms with Gasteiger partial charge in [-0.25, -0.2) is 0 Å². The molecule has 0 aliphatic carbocycles. The van der Waals surface area contributed by atoms with Gasteiger partial charge < -0.3 is 9.84 Å². The summed E-state index contributed by atoms with van der Waals surface area (Å²) in [6.07, 6.45) is 1.32. The Hall–Kier alpha value is -1.68. The third kappa shape index (κ3) is 3.47. The van der Waals surface area contributed by atoms with Gasteiger partial charge in [-0.1, -0.05) is 0 Å². The van der Waals surface area contributed by atoms with Crippen LogP contribution in [-0.4, -0.2) is 24.0 Å². The van der Waals surface area contributed by atoms with E-state index in [9.17, 15) is 9.59 Å². The number of aldehydes is 1. The number of aryl methyl sites for hydroxylation is 1. The second-order valence-corrected chi connectivity index (χ2v) is 3.44. The molecule has 0 aromatic heterocycles. The third-order valence-electron chi connectivity index (χ3n) is 2.10. The average Bonchev–Trinajstić information content (AvgIpc) is 2.29. The lowest BCUT2D eigenvalue weighted by Crippen LogP contribution is -2.09. The predicted octanol–water partition coefficient (Wildman–Crippen LogP) is 1.49. The summed E-state index contributed by atoms with van der Waals surface area (Å²) in [5.41, 5.74) is 1.29. The van der Waals surface area contributed by atoms with E-state index in [-0.39, 0.29) is 19.0 Å². The summed E-state index contributed by atoms with van der Waals surface area (Å²) in [4.78, 5) is 21.8. The number of hydrogen-bond donors (Lipinski definition) is 1. The molecule has 0 saturated heterocycles. The molecule has 1 rings (SSSR count). The number of rotatable bonds is 5. The van der Waals surface area contributed by atoms with Crippen LogP contribution >= 0.6 is 0 Å². The third-order valence-corrected chi connectivity index (χ3v) is 2.10. The molecule has 0 aliphatic rings. The Morgan fingerprint density at radius 2 is 2.25 bits per heavy atom. The first-order valence-electron chi connectivity index (χ1n) is 5.04. The minimum absolute atomic E-state index is 0.0296. The van der Waals surface area contributed by atoms with Crippen molar-refractivity contribution in [1.29, 1.82) is 0 Å². The molecule has 0 aliphatic heterocycles. The predicted molar refractivity (Wildman–Crippen MR) is 58.5 cm³/mol. The van der Waals surface area contributed by atoms with Crippen molar-refractivity contribution >= 4 is 12.3 Å². The van der Waals surface area contributed by atoms with Gasteiger partial charge in [0.05, 0.1) is 0 Å². The first kappa shape index (κ1) is 12.4. The van der Waals surface area contributed by atoms with Crippen LogP contribution in [0, 0.1) is 6.92 Å². The molecular weight excluding hydrogens is 208 g/mol.